The Morgan fingerprint density at radius 2 is 2.30 bits per heavy atom. The van der Waals surface area contributed by atoms with Crippen molar-refractivity contribution in [3.8, 4) is 11.4 Å². The number of likely N-dealkylation sites (N-methyl/N-ethyl adjacent to an activating group) is 1. The second-order valence-corrected chi connectivity index (χ2v) is 5.46. The van der Waals surface area contributed by atoms with Crippen LogP contribution in [0.15, 0.2) is 28.8 Å². The molecule has 2 aromatic rings. The van der Waals surface area contributed by atoms with Gasteiger partial charge in [0.1, 0.15) is 0 Å². The predicted octanol–water partition coefficient (Wildman–Crippen LogP) is 2.18. The Kier molecular flexibility index (Phi) is 4.00. The zero-order valence-electron chi connectivity index (χ0n) is 11.3. The highest BCUT2D eigenvalue weighted by Gasteiger charge is 2.21. The molecule has 5 nitrogen and oxygen atoms in total. The Hall–Kier alpha value is -1.43. The molecule has 1 aromatic carbocycles. The lowest BCUT2D eigenvalue weighted by Gasteiger charge is -2.21. The van der Waals surface area contributed by atoms with Gasteiger partial charge < -0.3 is 9.84 Å². The van der Waals surface area contributed by atoms with Crippen LogP contribution < -0.4 is 5.32 Å². The van der Waals surface area contributed by atoms with E-state index >= 15 is 0 Å². The Balaban J connectivity index is 1.72. The SMILES string of the molecule is CN(Cc1nc(-c2ccccc2Cl)no1)C1CCNC1. The molecule has 0 radical (unpaired) electrons. The fourth-order valence-electron chi connectivity index (χ4n) is 2.43. The Morgan fingerprint density at radius 3 is 3.05 bits per heavy atom. The van der Waals surface area contributed by atoms with Crippen LogP contribution >= 0.6 is 11.6 Å². The van der Waals surface area contributed by atoms with Gasteiger partial charge in [-0.2, -0.15) is 4.98 Å². The molecule has 1 atom stereocenters. The van der Waals surface area contributed by atoms with E-state index in [2.05, 4.69) is 27.4 Å². The van der Waals surface area contributed by atoms with Crippen molar-refractivity contribution >= 4 is 11.6 Å². The third-order valence-electron chi connectivity index (χ3n) is 3.63. The van der Waals surface area contributed by atoms with Gasteiger partial charge in [-0.3, -0.25) is 4.90 Å². The third-order valence-corrected chi connectivity index (χ3v) is 3.95. The van der Waals surface area contributed by atoms with Crippen molar-refractivity contribution in [3.63, 3.8) is 0 Å². The molecule has 2 heterocycles. The molecule has 1 aliphatic rings. The zero-order chi connectivity index (χ0) is 13.9. The number of benzene rings is 1. The van der Waals surface area contributed by atoms with Crippen molar-refractivity contribution in [2.75, 3.05) is 20.1 Å². The predicted molar refractivity (Wildman–Crippen MR) is 77.5 cm³/mol. The van der Waals surface area contributed by atoms with Gasteiger partial charge in [-0.05, 0) is 32.1 Å². The van der Waals surface area contributed by atoms with Crippen molar-refractivity contribution in [3.05, 3.63) is 35.2 Å². The Morgan fingerprint density at radius 1 is 1.45 bits per heavy atom. The molecule has 1 aliphatic heterocycles. The first-order valence-corrected chi connectivity index (χ1v) is 7.10. The summed E-state index contributed by atoms with van der Waals surface area (Å²) in [6.07, 6.45) is 1.15. The summed E-state index contributed by atoms with van der Waals surface area (Å²) in [5.41, 5.74) is 0.800. The second-order valence-electron chi connectivity index (χ2n) is 5.05. The van der Waals surface area contributed by atoms with E-state index in [1.165, 1.54) is 0 Å². The van der Waals surface area contributed by atoms with Crippen LogP contribution in [0, 0.1) is 0 Å². The van der Waals surface area contributed by atoms with Crippen molar-refractivity contribution in [1.82, 2.24) is 20.4 Å². The molecule has 0 aliphatic carbocycles. The van der Waals surface area contributed by atoms with E-state index < -0.39 is 0 Å². The first kappa shape index (κ1) is 13.5. The molecular weight excluding hydrogens is 276 g/mol. The van der Waals surface area contributed by atoms with Crippen LogP contribution in [0.1, 0.15) is 12.3 Å². The van der Waals surface area contributed by atoms with Gasteiger partial charge in [0.2, 0.25) is 11.7 Å². The number of nitrogens with one attached hydrogen (secondary N) is 1. The smallest absolute Gasteiger partial charge is 0.241 e. The Bertz CT molecular complexity index is 580. The number of hydrogen-bond acceptors (Lipinski definition) is 5. The van der Waals surface area contributed by atoms with Crippen LogP contribution in [0.4, 0.5) is 0 Å². The van der Waals surface area contributed by atoms with Gasteiger partial charge in [0, 0.05) is 18.2 Å². The second kappa shape index (κ2) is 5.91. The summed E-state index contributed by atoms with van der Waals surface area (Å²) >= 11 is 6.14. The number of nitrogens with zero attached hydrogens (tertiary/aromatic N) is 3. The summed E-state index contributed by atoms with van der Waals surface area (Å²) in [7, 11) is 2.08. The summed E-state index contributed by atoms with van der Waals surface area (Å²) in [6.45, 7) is 2.75. The van der Waals surface area contributed by atoms with E-state index in [0.717, 1.165) is 25.1 Å². The highest BCUT2D eigenvalue weighted by atomic mass is 35.5. The third kappa shape index (κ3) is 2.85. The van der Waals surface area contributed by atoms with Crippen LogP contribution in [0.5, 0.6) is 0 Å². The molecule has 106 valence electrons. The van der Waals surface area contributed by atoms with E-state index in [-0.39, 0.29) is 0 Å². The lowest BCUT2D eigenvalue weighted by atomic mass is 10.2. The molecule has 0 bridgehead atoms. The minimum atomic E-state index is 0.533. The van der Waals surface area contributed by atoms with Crippen molar-refractivity contribution in [1.29, 1.82) is 0 Å². The van der Waals surface area contributed by atoms with Crippen molar-refractivity contribution in [2.24, 2.45) is 0 Å². The van der Waals surface area contributed by atoms with Crippen LogP contribution in [-0.4, -0.2) is 41.2 Å². The maximum Gasteiger partial charge on any atom is 0.241 e. The summed E-state index contributed by atoms with van der Waals surface area (Å²) in [5, 5.41) is 8.00. The first-order chi connectivity index (χ1) is 9.74. The molecule has 0 saturated carbocycles. The summed E-state index contributed by atoms with van der Waals surface area (Å²) < 4.78 is 5.32. The van der Waals surface area contributed by atoms with E-state index in [1.54, 1.807) is 0 Å². The molecule has 1 fully saturated rings. The van der Waals surface area contributed by atoms with Gasteiger partial charge in [-0.1, -0.05) is 28.9 Å². The Labute approximate surface area is 122 Å². The van der Waals surface area contributed by atoms with Crippen LogP contribution in [0.25, 0.3) is 11.4 Å². The number of halogens is 1. The van der Waals surface area contributed by atoms with E-state index in [9.17, 15) is 0 Å². The fourth-order valence-corrected chi connectivity index (χ4v) is 2.65. The molecule has 3 rings (SSSR count). The average molecular weight is 293 g/mol. The number of hydrogen-bond donors (Lipinski definition) is 1. The van der Waals surface area contributed by atoms with Gasteiger partial charge >= 0.3 is 0 Å². The van der Waals surface area contributed by atoms with E-state index in [1.807, 2.05) is 24.3 Å². The minimum absolute atomic E-state index is 0.533. The number of rotatable bonds is 4. The van der Waals surface area contributed by atoms with E-state index in [4.69, 9.17) is 16.1 Å². The van der Waals surface area contributed by atoms with Crippen LogP contribution in [0.2, 0.25) is 5.02 Å². The van der Waals surface area contributed by atoms with Gasteiger partial charge in [0.25, 0.3) is 0 Å². The monoisotopic (exact) mass is 292 g/mol. The summed E-state index contributed by atoms with van der Waals surface area (Å²) in [6, 6.07) is 8.04. The van der Waals surface area contributed by atoms with Gasteiger partial charge in [-0.25, -0.2) is 0 Å². The summed E-state index contributed by atoms with van der Waals surface area (Å²) in [5.74, 6) is 1.16. The normalized spacial score (nSPS) is 18.9. The standard InChI is InChI=1S/C14H17ClN4O/c1-19(10-6-7-16-8-10)9-13-17-14(18-20-13)11-4-2-3-5-12(11)15/h2-5,10,16H,6-9H2,1H3. The highest BCUT2D eigenvalue weighted by Crippen LogP contribution is 2.25. The molecule has 6 heteroatoms. The first-order valence-electron chi connectivity index (χ1n) is 6.72. The maximum atomic E-state index is 6.14. The van der Waals surface area contributed by atoms with Crippen molar-refractivity contribution in [2.45, 2.75) is 19.0 Å². The molecule has 1 aromatic heterocycles. The van der Waals surface area contributed by atoms with Crippen LogP contribution in [0.3, 0.4) is 0 Å². The largest absolute Gasteiger partial charge is 0.338 e. The van der Waals surface area contributed by atoms with E-state index in [0.29, 0.717) is 29.3 Å². The average Bonchev–Trinajstić information content (AvgIpc) is 3.10. The van der Waals surface area contributed by atoms with Gasteiger partial charge in [-0.15, -0.1) is 0 Å². The molecule has 1 N–H and O–H groups in total. The molecular formula is C14H17ClN4O. The van der Waals surface area contributed by atoms with Gasteiger partial charge in [0.05, 0.1) is 11.6 Å². The topological polar surface area (TPSA) is 54.2 Å². The molecule has 1 unspecified atom stereocenters. The van der Waals surface area contributed by atoms with Gasteiger partial charge in [0.15, 0.2) is 0 Å². The minimum Gasteiger partial charge on any atom is -0.338 e. The lowest BCUT2D eigenvalue weighted by Crippen LogP contribution is -2.32. The fraction of sp³-hybridized carbons (Fsp3) is 0.429. The van der Waals surface area contributed by atoms with Crippen molar-refractivity contribution < 1.29 is 4.52 Å². The summed E-state index contributed by atoms with van der Waals surface area (Å²) in [4.78, 5) is 6.67. The van der Waals surface area contributed by atoms with Crippen LogP contribution in [-0.2, 0) is 6.54 Å². The molecule has 0 amide bonds. The lowest BCUT2D eigenvalue weighted by molar-refractivity contribution is 0.214. The molecule has 1 saturated heterocycles. The highest BCUT2D eigenvalue weighted by molar-refractivity contribution is 6.33. The molecule has 20 heavy (non-hydrogen) atoms. The molecule has 0 spiro atoms. The maximum absolute atomic E-state index is 6.14. The zero-order valence-corrected chi connectivity index (χ0v) is 12.1. The quantitative estimate of drug-likeness (QED) is 0.936. The number of aromatic nitrogens is 2.